The fourth-order valence-electron chi connectivity index (χ4n) is 2.38. The first kappa shape index (κ1) is 12.9. The highest BCUT2D eigenvalue weighted by atomic mass is 35.5. The van der Waals surface area contributed by atoms with Crippen molar-refractivity contribution in [3.8, 4) is 0 Å². The molecule has 1 aliphatic heterocycles. The second-order valence-electron chi connectivity index (χ2n) is 4.68. The highest BCUT2D eigenvalue weighted by Gasteiger charge is 2.17. The summed E-state index contributed by atoms with van der Waals surface area (Å²) in [7, 11) is 0. The minimum absolute atomic E-state index is 0.152. The van der Waals surface area contributed by atoms with Crippen LogP contribution in [0, 0.1) is 0 Å². The molecule has 0 radical (unpaired) electrons. The van der Waals surface area contributed by atoms with Crippen LogP contribution in [0.5, 0.6) is 0 Å². The van der Waals surface area contributed by atoms with Crippen LogP contribution in [0.1, 0.15) is 22.3 Å². The van der Waals surface area contributed by atoms with Crippen LogP contribution < -0.4 is 10.6 Å². The lowest BCUT2D eigenvalue weighted by Crippen LogP contribution is -2.19. The normalized spacial score (nSPS) is 13.2. The van der Waals surface area contributed by atoms with Gasteiger partial charge in [-0.1, -0.05) is 17.7 Å². The Bertz CT molecular complexity index is 657. The fourth-order valence-corrected chi connectivity index (χ4v) is 2.54. The Hall–Kier alpha value is -2.07. The number of carbonyl (C=O) groups is 1. The molecule has 0 unspecified atom stereocenters. The molecule has 0 aliphatic carbocycles. The van der Waals surface area contributed by atoms with Gasteiger partial charge in [-0.15, -0.1) is 0 Å². The van der Waals surface area contributed by atoms with E-state index in [1.165, 1.54) is 0 Å². The van der Waals surface area contributed by atoms with Crippen LogP contribution in [0.3, 0.4) is 0 Å². The van der Waals surface area contributed by atoms with Crippen LogP contribution >= 0.6 is 11.6 Å². The molecule has 1 amide bonds. The number of amides is 1. The Morgan fingerprint density at radius 3 is 3.10 bits per heavy atom. The lowest BCUT2D eigenvalue weighted by molar-refractivity contribution is 0.102. The summed E-state index contributed by atoms with van der Waals surface area (Å²) in [4.78, 5) is 16.5. The number of carbonyl (C=O) groups excluding carboxylic acids is 1. The van der Waals surface area contributed by atoms with E-state index in [9.17, 15) is 4.79 Å². The van der Waals surface area contributed by atoms with Crippen molar-refractivity contribution in [2.75, 3.05) is 17.2 Å². The predicted molar refractivity (Wildman–Crippen MR) is 80.5 cm³/mol. The Labute approximate surface area is 122 Å². The number of halogens is 1. The summed E-state index contributed by atoms with van der Waals surface area (Å²) in [5, 5.41) is 6.65. The molecule has 0 atom stereocenters. The quantitative estimate of drug-likeness (QED) is 0.891. The van der Waals surface area contributed by atoms with Crippen molar-refractivity contribution in [2.45, 2.75) is 12.8 Å². The van der Waals surface area contributed by atoms with Gasteiger partial charge >= 0.3 is 0 Å². The molecule has 2 heterocycles. The van der Waals surface area contributed by atoms with Crippen molar-refractivity contribution in [2.24, 2.45) is 0 Å². The second kappa shape index (κ2) is 5.51. The number of pyridine rings is 1. The molecule has 1 aliphatic rings. The summed E-state index contributed by atoms with van der Waals surface area (Å²) in [6.07, 6.45) is 3.52. The van der Waals surface area contributed by atoms with Crippen molar-refractivity contribution in [1.29, 1.82) is 0 Å². The molecule has 5 heteroatoms. The first-order chi connectivity index (χ1) is 9.74. The minimum Gasteiger partial charge on any atom is -0.385 e. The molecule has 20 heavy (non-hydrogen) atoms. The molecule has 3 rings (SSSR count). The van der Waals surface area contributed by atoms with E-state index in [0.29, 0.717) is 16.4 Å². The average Bonchev–Trinajstić information content (AvgIpc) is 2.46. The van der Waals surface area contributed by atoms with Gasteiger partial charge in [0.1, 0.15) is 5.82 Å². The summed E-state index contributed by atoms with van der Waals surface area (Å²) in [5.74, 6) is 0.309. The Morgan fingerprint density at radius 1 is 1.35 bits per heavy atom. The van der Waals surface area contributed by atoms with Crippen LogP contribution in [0.15, 0.2) is 36.5 Å². The van der Waals surface area contributed by atoms with E-state index >= 15 is 0 Å². The third kappa shape index (κ3) is 2.60. The van der Waals surface area contributed by atoms with Gasteiger partial charge in [0.05, 0.1) is 0 Å². The monoisotopic (exact) mass is 287 g/mol. The van der Waals surface area contributed by atoms with Gasteiger partial charge in [0.2, 0.25) is 0 Å². The van der Waals surface area contributed by atoms with E-state index in [-0.39, 0.29) is 5.91 Å². The summed E-state index contributed by atoms with van der Waals surface area (Å²) in [6.45, 7) is 0.952. The molecule has 0 saturated heterocycles. The molecule has 0 bridgehead atoms. The zero-order chi connectivity index (χ0) is 13.9. The van der Waals surface area contributed by atoms with E-state index in [1.54, 1.807) is 18.3 Å². The van der Waals surface area contributed by atoms with Crippen molar-refractivity contribution < 1.29 is 4.79 Å². The maximum absolute atomic E-state index is 12.4. The molecule has 1 aromatic heterocycles. The van der Waals surface area contributed by atoms with Gasteiger partial charge in [0, 0.05) is 29.0 Å². The zero-order valence-corrected chi connectivity index (χ0v) is 11.6. The average molecular weight is 288 g/mol. The molecule has 0 fully saturated rings. The van der Waals surface area contributed by atoms with Gasteiger partial charge < -0.3 is 10.6 Å². The third-order valence-electron chi connectivity index (χ3n) is 3.30. The van der Waals surface area contributed by atoms with E-state index in [4.69, 9.17) is 11.6 Å². The largest absolute Gasteiger partial charge is 0.385 e. The number of nitrogens with one attached hydrogen (secondary N) is 2. The smallest absolute Gasteiger partial charge is 0.257 e. The van der Waals surface area contributed by atoms with Crippen molar-refractivity contribution in [3.05, 3.63) is 52.7 Å². The number of fused-ring (bicyclic) bond motifs is 1. The Morgan fingerprint density at radius 2 is 2.25 bits per heavy atom. The fraction of sp³-hybridized carbons (Fsp3) is 0.200. The zero-order valence-electron chi connectivity index (χ0n) is 10.8. The molecule has 102 valence electrons. The molecule has 1 aromatic carbocycles. The number of hydrogen-bond donors (Lipinski definition) is 2. The van der Waals surface area contributed by atoms with Gasteiger partial charge in [-0.3, -0.25) is 4.79 Å². The SMILES string of the molecule is O=C(Nc1cc(Cl)ccn1)c1cccc2c1CCCN2. The van der Waals surface area contributed by atoms with Crippen LogP contribution in [-0.4, -0.2) is 17.4 Å². The molecule has 0 spiro atoms. The number of anilines is 2. The molecular weight excluding hydrogens is 274 g/mol. The van der Waals surface area contributed by atoms with Gasteiger partial charge in [-0.05, 0) is 42.7 Å². The van der Waals surface area contributed by atoms with E-state index in [0.717, 1.165) is 30.6 Å². The van der Waals surface area contributed by atoms with E-state index in [2.05, 4.69) is 15.6 Å². The minimum atomic E-state index is -0.152. The van der Waals surface area contributed by atoms with Gasteiger partial charge in [-0.25, -0.2) is 4.98 Å². The summed E-state index contributed by atoms with van der Waals surface area (Å²) < 4.78 is 0. The first-order valence-corrected chi connectivity index (χ1v) is 6.90. The second-order valence-corrected chi connectivity index (χ2v) is 5.11. The van der Waals surface area contributed by atoms with Gasteiger partial charge in [-0.2, -0.15) is 0 Å². The third-order valence-corrected chi connectivity index (χ3v) is 3.54. The molecule has 2 aromatic rings. The van der Waals surface area contributed by atoms with Gasteiger partial charge in [0.25, 0.3) is 5.91 Å². The molecule has 0 saturated carbocycles. The standard InChI is InChI=1S/C15H14ClN3O/c16-10-6-8-18-14(9-10)19-15(20)12-3-1-5-13-11(12)4-2-7-17-13/h1,3,5-6,8-9,17H,2,4,7H2,(H,18,19,20). The topological polar surface area (TPSA) is 54.0 Å². The van der Waals surface area contributed by atoms with Crippen LogP contribution in [0.2, 0.25) is 5.02 Å². The van der Waals surface area contributed by atoms with Crippen LogP contribution in [0.25, 0.3) is 0 Å². The lowest BCUT2D eigenvalue weighted by atomic mass is 9.97. The number of aromatic nitrogens is 1. The van der Waals surface area contributed by atoms with Gasteiger partial charge in [0.15, 0.2) is 0 Å². The van der Waals surface area contributed by atoms with E-state index in [1.807, 2.05) is 18.2 Å². The number of nitrogens with zero attached hydrogens (tertiary/aromatic N) is 1. The molecule has 4 nitrogen and oxygen atoms in total. The summed E-state index contributed by atoms with van der Waals surface area (Å²) in [6, 6.07) is 9.03. The number of rotatable bonds is 2. The maximum Gasteiger partial charge on any atom is 0.257 e. The molecule has 2 N–H and O–H groups in total. The lowest BCUT2D eigenvalue weighted by Gasteiger charge is -2.20. The van der Waals surface area contributed by atoms with Crippen molar-refractivity contribution in [3.63, 3.8) is 0 Å². The summed E-state index contributed by atoms with van der Waals surface area (Å²) >= 11 is 5.89. The number of benzene rings is 1. The predicted octanol–water partition coefficient (Wildman–Crippen LogP) is 3.35. The molecular formula is C15H14ClN3O. The first-order valence-electron chi connectivity index (χ1n) is 6.53. The van der Waals surface area contributed by atoms with E-state index < -0.39 is 0 Å². The van der Waals surface area contributed by atoms with Crippen LogP contribution in [-0.2, 0) is 6.42 Å². The Balaban J connectivity index is 1.88. The maximum atomic E-state index is 12.4. The Kier molecular flexibility index (Phi) is 3.56. The highest BCUT2D eigenvalue weighted by Crippen LogP contribution is 2.26. The van der Waals surface area contributed by atoms with Crippen molar-refractivity contribution in [1.82, 2.24) is 4.98 Å². The number of hydrogen-bond acceptors (Lipinski definition) is 3. The highest BCUT2D eigenvalue weighted by molar-refractivity contribution is 6.30. The van der Waals surface area contributed by atoms with Crippen molar-refractivity contribution >= 4 is 29.0 Å². The van der Waals surface area contributed by atoms with Crippen LogP contribution in [0.4, 0.5) is 11.5 Å². The summed E-state index contributed by atoms with van der Waals surface area (Å²) in [5.41, 5.74) is 2.80.